The summed E-state index contributed by atoms with van der Waals surface area (Å²) < 4.78 is 5.53. The molecule has 0 spiro atoms. The quantitative estimate of drug-likeness (QED) is 0.462. The summed E-state index contributed by atoms with van der Waals surface area (Å²) in [4.78, 5) is 26.0. The van der Waals surface area contributed by atoms with Gasteiger partial charge in [0.15, 0.2) is 6.61 Å². The van der Waals surface area contributed by atoms with Crippen LogP contribution in [-0.4, -0.2) is 29.2 Å². The third-order valence-electron chi connectivity index (χ3n) is 8.71. The molecule has 5 nitrogen and oxygen atoms in total. The molecule has 3 aliphatic carbocycles. The lowest BCUT2D eigenvalue weighted by Gasteiger charge is -2.29. The van der Waals surface area contributed by atoms with Crippen LogP contribution in [0.15, 0.2) is 71.3 Å². The third-order valence-corrected chi connectivity index (χ3v) is 8.71. The Kier molecular flexibility index (Phi) is 6.47. The van der Waals surface area contributed by atoms with Crippen LogP contribution in [0.2, 0.25) is 0 Å². The van der Waals surface area contributed by atoms with Crippen molar-refractivity contribution in [2.45, 2.75) is 57.4 Å². The zero-order valence-electron chi connectivity index (χ0n) is 20.7. The Morgan fingerprint density at radius 3 is 2.47 bits per heavy atom. The molecule has 6 rings (SSSR count). The molecule has 2 bridgehead atoms. The van der Waals surface area contributed by atoms with Crippen LogP contribution in [0.5, 0.6) is 0 Å². The lowest BCUT2D eigenvalue weighted by molar-refractivity contribution is -0.154. The molecule has 4 aliphatic rings. The Bertz CT molecular complexity index is 1170. The highest BCUT2D eigenvalue weighted by atomic mass is 16.5. The standard InChI is InChI=1S/C31H34N2O3/c34-28(20-36-29(35)19-26-18-22-14-15-24(26)17-22)33-31(23-10-5-2-6-11-23)27-13-7-12-25(30(27)32-33)16-21-8-3-1-4-9-21/h1-6,8-11,16,22,24,26-27,31H,7,12-15,17-20H2. The Balaban J connectivity index is 1.20. The van der Waals surface area contributed by atoms with Crippen molar-refractivity contribution >= 4 is 23.7 Å². The molecule has 0 N–H and O–H groups in total. The van der Waals surface area contributed by atoms with Crippen molar-refractivity contribution in [3.05, 3.63) is 77.4 Å². The average Bonchev–Trinajstić information content (AvgIpc) is 3.63. The van der Waals surface area contributed by atoms with E-state index in [1.165, 1.54) is 24.8 Å². The van der Waals surface area contributed by atoms with Crippen molar-refractivity contribution in [1.82, 2.24) is 5.01 Å². The van der Waals surface area contributed by atoms with Crippen LogP contribution in [0.1, 0.15) is 68.5 Å². The lowest BCUT2D eigenvalue weighted by atomic mass is 9.77. The maximum atomic E-state index is 13.4. The number of rotatable bonds is 6. The number of amides is 1. The van der Waals surface area contributed by atoms with Crippen LogP contribution in [-0.2, 0) is 14.3 Å². The van der Waals surface area contributed by atoms with Crippen LogP contribution in [0.3, 0.4) is 0 Å². The maximum Gasteiger partial charge on any atom is 0.306 e. The van der Waals surface area contributed by atoms with Gasteiger partial charge in [-0.2, -0.15) is 5.10 Å². The molecule has 5 unspecified atom stereocenters. The van der Waals surface area contributed by atoms with Gasteiger partial charge in [0.2, 0.25) is 0 Å². The van der Waals surface area contributed by atoms with Crippen molar-refractivity contribution < 1.29 is 14.3 Å². The minimum atomic E-state index is -0.246. The number of hydrogen-bond acceptors (Lipinski definition) is 4. The normalized spacial score (nSPS) is 29.8. The fourth-order valence-corrected chi connectivity index (χ4v) is 7.05. The van der Waals surface area contributed by atoms with E-state index in [2.05, 4.69) is 30.3 Å². The zero-order valence-corrected chi connectivity index (χ0v) is 20.7. The summed E-state index contributed by atoms with van der Waals surface area (Å²) in [6.07, 6.45) is 10.6. The molecule has 186 valence electrons. The van der Waals surface area contributed by atoms with E-state index < -0.39 is 0 Å². The molecular weight excluding hydrogens is 448 g/mol. The van der Waals surface area contributed by atoms with Crippen LogP contribution >= 0.6 is 0 Å². The number of ether oxygens (including phenoxy) is 1. The van der Waals surface area contributed by atoms with Gasteiger partial charge in [0.05, 0.1) is 11.8 Å². The van der Waals surface area contributed by atoms with E-state index in [4.69, 9.17) is 9.84 Å². The number of carbonyl (C=O) groups is 2. The smallest absolute Gasteiger partial charge is 0.306 e. The van der Waals surface area contributed by atoms with Gasteiger partial charge in [0, 0.05) is 12.3 Å². The number of fused-ring (bicyclic) bond motifs is 3. The van der Waals surface area contributed by atoms with Crippen molar-refractivity contribution in [2.24, 2.45) is 28.8 Å². The van der Waals surface area contributed by atoms with E-state index in [-0.39, 0.29) is 30.4 Å². The summed E-state index contributed by atoms with van der Waals surface area (Å²) in [6.45, 7) is -0.246. The SMILES string of the molecule is O=C(CC1CC2CCC1C2)OCC(=O)N1N=C2C(=Cc3ccccc3)CCCC2C1c1ccccc1. The number of benzene rings is 2. The first-order valence-corrected chi connectivity index (χ1v) is 13.5. The molecule has 1 heterocycles. The molecule has 5 heteroatoms. The molecule has 0 saturated heterocycles. The van der Waals surface area contributed by atoms with Gasteiger partial charge in [0.25, 0.3) is 5.91 Å². The number of carbonyl (C=O) groups excluding carboxylic acids is 2. The van der Waals surface area contributed by atoms with E-state index in [1.807, 2.05) is 36.4 Å². The summed E-state index contributed by atoms with van der Waals surface area (Å²) in [7, 11) is 0. The third kappa shape index (κ3) is 4.63. The topological polar surface area (TPSA) is 59.0 Å². The highest BCUT2D eigenvalue weighted by molar-refractivity contribution is 6.08. The number of nitrogens with zero attached hydrogens (tertiary/aromatic N) is 2. The van der Waals surface area contributed by atoms with Gasteiger partial charge in [-0.3, -0.25) is 9.59 Å². The first-order chi connectivity index (χ1) is 17.7. The fraction of sp³-hybridized carbons (Fsp3) is 0.452. The average molecular weight is 483 g/mol. The highest BCUT2D eigenvalue weighted by Crippen LogP contribution is 2.49. The second kappa shape index (κ2) is 10.0. The molecule has 0 radical (unpaired) electrons. The van der Waals surface area contributed by atoms with E-state index >= 15 is 0 Å². The van der Waals surface area contributed by atoms with Crippen LogP contribution < -0.4 is 0 Å². The summed E-state index contributed by atoms with van der Waals surface area (Å²) in [5.74, 6) is 1.55. The van der Waals surface area contributed by atoms with Gasteiger partial charge in [-0.15, -0.1) is 0 Å². The molecule has 2 aromatic rings. The second-order valence-corrected chi connectivity index (χ2v) is 11.0. The molecule has 5 atom stereocenters. The zero-order chi connectivity index (χ0) is 24.5. The van der Waals surface area contributed by atoms with Crippen molar-refractivity contribution in [3.8, 4) is 0 Å². The van der Waals surface area contributed by atoms with Crippen molar-refractivity contribution in [1.29, 1.82) is 0 Å². The van der Waals surface area contributed by atoms with Crippen LogP contribution in [0.25, 0.3) is 6.08 Å². The van der Waals surface area contributed by atoms with Crippen LogP contribution in [0.4, 0.5) is 0 Å². The monoisotopic (exact) mass is 482 g/mol. The Morgan fingerprint density at radius 1 is 0.972 bits per heavy atom. The number of allylic oxidation sites excluding steroid dienone is 1. The predicted octanol–water partition coefficient (Wildman–Crippen LogP) is 6.18. The summed E-state index contributed by atoms with van der Waals surface area (Å²) in [6, 6.07) is 20.3. The second-order valence-electron chi connectivity index (χ2n) is 11.0. The van der Waals surface area contributed by atoms with Gasteiger partial charge >= 0.3 is 5.97 Å². The molecule has 2 aromatic carbocycles. The molecule has 3 fully saturated rings. The Morgan fingerprint density at radius 2 is 1.75 bits per heavy atom. The summed E-state index contributed by atoms with van der Waals surface area (Å²) >= 11 is 0. The minimum absolute atomic E-state index is 0.143. The van der Waals surface area contributed by atoms with Crippen molar-refractivity contribution in [2.75, 3.05) is 6.61 Å². The van der Waals surface area contributed by atoms with Crippen LogP contribution in [0, 0.1) is 23.7 Å². The number of hydrazone groups is 1. The largest absolute Gasteiger partial charge is 0.455 e. The van der Waals surface area contributed by atoms with Crippen molar-refractivity contribution in [3.63, 3.8) is 0 Å². The maximum absolute atomic E-state index is 13.4. The fourth-order valence-electron chi connectivity index (χ4n) is 7.05. The van der Waals surface area contributed by atoms with E-state index in [1.54, 1.807) is 5.01 Å². The minimum Gasteiger partial charge on any atom is -0.455 e. The van der Waals surface area contributed by atoms with E-state index in [0.717, 1.165) is 48.4 Å². The lowest BCUT2D eigenvalue weighted by Crippen LogP contribution is -2.34. The number of hydrogen-bond donors (Lipinski definition) is 0. The first kappa shape index (κ1) is 23.2. The predicted molar refractivity (Wildman–Crippen MR) is 140 cm³/mol. The molecular formula is C31H34N2O3. The molecule has 1 aliphatic heterocycles. The van der Waals surface area contributed by atoms with E-state index in [9.17, 15) is 9.59 Å². The van der Waals surface area contributed by atoms with Gasteiger partial charge in [-0.1, -0.05) is 67.1 Å². The van der Waals surface area contributed by atoms with Gasteiger partial charge in [0.1, 0.15) is 0 Å². The number of esters is 1. The highest BCUT2D eigenvalue weighted by Gasteiger charge is 2.44. The molecule has 1 amide bonds. The van der Waals surface area contributed by atoms with Gasteiger partial charge < -0.3 is 4.74 Å². The van der Waals surface area contributed by atoms with Gasteiger partial charge in [-0.05, 0) is 79.1 Å². The summed E-state index contributed by atoms with van der Waals surface area (Å²) in [5.41, 5.74) is 4.41. The van der Waals surface area contributed by atoms with Gasteiger partial charge in [-0.25, -0.2) is 5.01 Å². The molecule has 36 heavy (non-hydrogen) atoms. The Hall–Kier alpha value is -3.21. The Labute approximate surface area is 213 Å². The molecule has 0 aromatic heterocycles. The van der Waals surface area contributed by atoms with E-state index in [0.29, 0.717) is 18.3 Å². The first-order valence-electron chi connectivity index (χ1n) is 13.5. The molecule has 3 saturated carbocycles. The summed E-state index contributed by atoms with van der Waals surface area (Å²) in [5, 5.41) is 6.50.